The third-order valence-electron chi connectivity index (χ3n) is 3.08. The number of anilines is 1. The number of nitrogens with two attached hydrogens (primary N) is 1. The summed E-state index contributed by atoms with van der Waals surface area (Å²) < 4.78 is 0. The topological polar surface area (TPSA) is 69.2 Å². The number of nitrogens with zero attached hydrogens (tertiary/aromatic N) is 1. The number of rotatable bonds is 3. The fourth-order valence-electron chi connectivity index (χ4n) is 2.14. The Morgan fingerprint density at radius 3 is 2.43 bits per heavy atom. The summed E-state index contributed by atoms with van der Waals surface area (Å²) in [6.45, 7) is 0. The molecule has 0 aliphatic heterocycles. The Hall–Kier alpha value is -2.53. The highest BCUT2D eigenvalue weighted by Crippen LogP contribution is 2.33. The Balaban J connectivity index is 1.96. The maximum Gasteiger partial charge on any atom is 0.272 e. The maximum atomic E-state index is 10.9. The van der Waals surface area contributed by atoms with Gasteiger partial charge in [-0.25, -0.2) is 0 Å². The van der Waals surface area contributed by atoms with Crippen molar-refractivity contribution in [3.8, 4) is 0 Å². The molecule has 0 saturated carbocycles. The molecular formula is C16H12N2O2S. The molecule has 0 aliphatic carbocycles. The lowest BCUT2D eigenvalue weighted by Gasteiger charge is -2.05. The second-order valence-electron chi connectivity index (χ2n) is 4.63. The molecule has 0 spiro atoms. The number of non-ortho nitro benzene ring substituents is 1. The number of fused-ring (bicyclic) bond motifs is 1. The summed E-state index contributed by atoms with van der Waals surface area (Å²) in [6, 6.07) is 18.8. The van der Waals surface area contributed by atoms with Crippen LogP contribution < -0.4 is 5.73 Å². The minimum absolute atomic E-state index is 0.0123. The standard InChI is InChI=1S/C16H12N2O2S/c17-13-8-14(18(19)20)10-16(9-13)21-15-6-5-11-3-1-2-4-12(11)7-15/h1-10H,17H2. The number of hydrogen-bond acceptors (Lipinski definition) is 4. The molecule has 0 saturated heterocycles. The van der Waals surface area contributed by atoms with E-state index in [2.05, 4.69) is 12.1 Å². The Morgan fingerprint density at radius 1 is 0.905 bits per heavy atom. The fourth-order valence-corrected chi connectivity index (χ4v) is 3.11. The van der Waals surface area contributed by atoms with Gasteiger partial charge in [0, 0.05) is 27.6 Å². The molecule has 0 amide bonds. The van der Waals surface area contributed by atoms with Crippen LogP contribution in [-0.4, -0.2) is 4.92 Å². The summed E-state index contributed by atoms with van der Waals surface area (Å²) >= 11 is 1.46. The Morgan fingerprint density at radius 2 is 1.67 bits per heavy atom. The maximum absolute atomic E-state index is 10.9. The highest BCUT2D eigenvalue weighted by atomic mass is 32.2. The van der Waals surface area contributed by atoms with E-state index in [0.717, 1.165) is 15.2 Å². The van der Waals surface area contributed by atoms with Gasteiger partial charge in [-0.3, -0.25) is 10.1 Å². The Bertz CT molecular complexity index is 833. The van der Waals surface area contributed by atoms with E-state index >= 15 is 0 Å². The summed E-state index contributed by atoms with van der Waals surface area (Å²) in [5.41, 5.74) is 6.13. The highest BCUT2D eigenvalue weighted by Gasteiger charge is 2.09. The molecule has 0 radical (unpaired) electrons. The zero-order valence-corrected chi connectivity index (χ0v) is 11.8. The first-order chi connectivity index (χ1) is 10.1. The second kappa shape index (κ2) is 5.46. The van der Waals surface area contributed by atoms with Crippen LogP contribution in [0.5, 0.6) is 0 Å². The molecule has 3 rings (SSSR count). The Kier molecular flexibility index (Phi) is 3.50. The quantitative estimate of drug-likeness (QED) is 0.439. The average molecular weight is 296 g/mol. The summed E-state index contributed by atoms with van der Waals surface area (Å²) in [4.78, 5) is 12.2. The monoisotopic (exact) mass is 296 g/mol. The van der Waals surface area contributed by atoms with E-state index in [1.807, 2.05) is 30.3 Å². The summed E-state index contributed by atoms with van der Waals surface area (Å²) in [6.07, 6.45) is 0. The zero-order chi connectivity index (χ0) is 14.8. The summed E-state index contributed by atoms with van der Waals surface area (Å²) in [5.74, 6) is 0. The number of nitrogen functional groups attached to an aromatic ring is 1. The molecule has 0 bridgehead atoms. The van der Waals surface area contributed by atoms with Crippen LogP contribution in [-0.2, 0) is 0 Å². The molecule has 104 valence electrons. The molecule has 0 heterocycles. The number of nitro benzene ring substituents is 1. The van der Waals surface area contributed by atoms with E-state index in [0.29, 0.717) is 5.69 Å². The molecule has 0 aromatic heterocycles. The third kappa shape index (κ3) is 2.98. The molecule has 0 unspecified atom stereocenters. The molecule has 3 aromatic carbocycles. The van der Waals surface area contributed by atoms with E-state index in [-0.39, 0.29) is 5.69 Å². The Labute approximate surface area is 125 Å². The second-order valence-corrected chi connectivity index (χ2v) is 5.78. The van der Waals surface area contributed by atoms with Crippen LogP contribution in [0.2, 0.25) is 0 Å². The van der Waals surface area contributed by atoms with Crippen LogP contribution in [0, 0.1) is 10.1 Å². The molecule has 4 nitrogen and oxygen atoms in total. The molecule has 0 atom stereocenters. The van der Waals surface area contributed by atoms with Crippen molar-refractivity contribution in [2.45, 2.75) is 9.79 Å². The first kappa shape index (κ1) is 13.5. The van der Waals surface area contributed by atoms with Crippen LogP contribution in [0.25, 0.3) is 10.8 Å². The van der Waals surface area contributed by atoms with Gasteiger partial charge in [0.2, 0.25) is 0 Å². The van der Waals surface area contributed by atoms with Gasteiger partial charge in [0.05, 0.1) is 4.92 Å². The molecular weight excluding hydrogens is 284 g/mol. The van der Waals surface area contributed by atoms with E-state index in [9.17, 15) is 10.1 Å². The first-order valence-electron chi connectivity index (χ1n) is 6.33. The van der Waals surface area contributed by atoms with Crippen molar-refractivity contribution in [3.63, 3.8) is 0 Å². The van der Waals surface area contributed by atoms with Gasteiger partial charge in [-0.1, -0.05) is 42.1 Å². The fraction of sp³-hybridized carbons (Fsp3) is 0. The van der Waals surface area contributed by atoms with Gasteiger partial charge in [-0.2, -0.15) is 0 Å². The average Bonchev–Trinajstić information content (AvgIpc) is 2.46. The highest BCUT2D eigenvalue weighted by molar-refractivity contribution is 7.99. The molecule has 2 N–H and O–H groups in total. The van der Waals surface area contributed by atoms with Gasteiger partial charge >= 0.3 is 0 Å². The molecule has 0 aliphatic rings. The predicted octanol–water partition coefficient (Wildman–Crippen LogP) is 4.48. The van der Waals surface area contributed by atoms with Crippen LogP contribution in [0.1, 0.15) is 0 Å². The van der Waals surface area contributed by atoms with E-state index in [4.69, 9.17) is 5.73 Å². The van der Waals surface area contributed by atoms with Gasteiger partial charge in [0.1, 0.15) is 0 Å². The van der Waals surface area contributed by atoms with E-state index in [1.54, 1.807) is 6.07 Å². The van der Waals surface area contributed by atoms with E-state index in [1.165, 1.54) is 29.3 Å². The third-order valence-corrected chi connectivity index (χ3v) is 4.04. The SMILES string of the molecule is Nc1cc(Sc2ccc3ccccc3c2)cc([N+](=O)[O-])c1. The van der Waals surface area contributed by atoms with Crippen molar-refractivity contribution >= 4 is 33.9 Å². The first-order valence-corrected chi connectivity index (χ1v) is 7.15. The van der Waals surface area contributed by atoms with Gasteiger partial charge < -0.3 is 5.73 Å². The minimum Gasteiger partial charge on any atom is -0.398 e. The van der Waals surface area contributed by atoms with Crippen LogP contribution in [0.3, 0.4) is 0 Å². The summed E-state index contributed by atoms with van der Waals surface area (Å²) in [5, 5.41) is 13.2. The molecule has 0 fully saturated rings. The van der Waals surface area contributed by atoms with E-state index < -0.39 is 4.92 Å². The van der Waals surface area contributed by atoms with Gasteiger partial charge in [0.15, 0.2) is 0 Å². The predicted molar refractivity (Wildman–Crippen MR) is 85.6 cm³/mol. The molecule has 3 aromatic rings. The number of benzene rings is 3. The van der Waals surface area contributed by atoms with Crippen molar-refractivity contribution in [1.29, 1.82) is 0 Å². The van der Waals surface area contributed by atoms with Crippen LogP contribution in [0.4, 0.5) is 11.4 Å². The smallest absolute Gasteiger partial charge is 0.272 e. The van der Waals surface area contributed by atoms with Crippen molar-refractivity contribution < 1.29 is 4.92 Å². The normalized spacial score (nSPS) is 10.7. The lowest BCUT2D eigenvalue weighted by atomic mass is 10.1. The lowest BCUT2D eigenvalue weighted by Crippen LogP contribution is -1.92. The van der Waals surface area contributed by atoms with Crippen LogP contribution in [0.15, 0.2) is 70.5 Å². The van der Waals surface area contributed by atoms with Gasteiger partial charge in [-0.15, -0.1) is 0 Å². The minimum atomic E-state index is -0.430. The largest absolute Gasteiger partial charge is 0.398 e. The molecule has 21 heavy (non-hydrogen) atoms. The van der Waals surface area contributed by atoms with Crippen LogP contribution >= 0.6 is 11.8 Å². The van der Waals surface area contributed by atoms with Crippen molar-refractivity contribution in [2.75, 3.05) is 5.73 Å². The lowest BCUT2D eigenvalue weighted by molar-refractivity contribution is -0.385. The van der Waals surface area contributed by atoms with Crippen molar-refractivity contribution in [2.24, 2.45) is 0 Å². The van der Waals surface area contributed by atoms with Crippen molar-refractivity contribution in [3.05, 3.63) is 70.8 Å². The molecule has 5 heteroatoms. The van der Waals surface area contributed by atoms with Gasteiger partial charge in [0.25, 0.3) is 5.69 Å². The van der Waals surface area contributed by atoms with Gasteiger partial charge in [-0.05, 0) is 29.0 Å². The zero-order valence-electron chi connectivity index (χ0n) is 11.0. The number of hydrogen-bond donors (Lipinski definition) is 1. The van der Waals surface area contributed by atoms with Crippen molar-refractivity contribution in [1.82, 2.24) is 0 Å². The number of nitro groups is 1. The summed E-state index contributed by atoms with van der Waals surface area (Å²) in [7, 11) is 0.